The van der Waals surface area contributed by atoms with Crippen molar-refractivity contribution in [3.8, 4) is 11.4 Å². The van der Waals surface area contributed by atoms with Gasteiger partial charge in [0.2, 0.25) is 11.7 Å². The van der Waals surface area contributed by atoms with Crippen LogP contribution in [0.15, 0.2) is 58.2 Å². The average Bonchev–Trinajstić information content (AvgIpc) is 3.51. The van der Waals surface area contributed by atoms with Gasteiger partial charge in [-0.15, -0.1) is 10.2 Å². The number of hydrogen-bond acceptors (Lipinski definition) is 7. The van der Waals surface area contributed by atoms with Crippen LogP contribution >= 0.6 is 11.8 Å². The number of hydrogen-bond donors (Lipinski definition) is 0. The molecular formula is C26H29FN6OS. The summed E-state index contributed by atoms with van der Waals surface area (Å²) in [4.78, 5) is 6.99. The molecule has 5 rings (SSSR count). The van der Waals surface area contributed by atoms with E-state index in [1.165, 1.54) is 30.9 Å². The molecule has 0 radical (unpaired) electrons. The molecule has 182 valence electrons. The van der Waals surface area contributed by atoms with Crippen LogP contribution in [0, 0.1) is 12.7 Å². The summed E-state index contributed by atoms with van der Waals surface area (Å²) >= 11 is 1.54. The number of nitrogens with zero attached hydrogens (tertiary/aromatic N) is 6. The van der Waals surface area contributed by atoms with Crippen LogP contribution in [0.3, 0.4) is 0 Å². The lowest BCUT2D eigenvalue weighted by molar-refractivity contribution is 0.213. The minimum Gasteiger partial charge on any atom is -0.338 e. The third-order valence-electron chi connectivity index (χ3n) is 6.29. The second kappa shape index (κ2) is 10.7. The fourth-order valence-electron chi connectivity index (χ4n) is 4.22. The van der Waals surface area contributed by atoms with Crippen molar-refractivity contribution in [2.24, 2.45) is 0 Å². The molecule has 0 spiro atoms. The maximum absolute atomic E-state index is 14.0. The van der Waals surface area contributed by atoms with E-state index in [0.717, 1.165) is 30.6 Å². The van der Waals surface area contributed by atoms with E-state index in [2.05, 4.69) is 41.9 Å². The monoisotopic (exact) mass is 492 g/mol. The lowest BCUT2D eigenvalue weighted by Crippen LogP contribution is -2.30. The summed E-state index contributed by atoms with van der Waals surface area (Å²) in [6.45, 7) is 7.42. The minimum atomic E-state index is -0.286. The van der Waals surface area contributed by atoms with Gasteiger partial charge < -0.3 is 9.09 Å². The first-order valence-corrected chi connectivity index (χ1v) is 12.9. The summed E-state index contributed by atoms with van der Waals surface area (Å²) in [6, 6.07) is 15.3. The van der Waals surface area contributed by atoms with Crippen LogP contribution in [-0.4, -0.2) is 42.9 Å². The van der Waals surface area contributed by atoms with Crippen LogP contribution < -0.4 is 0 Å². The SMILES string of the molecule is Cc1ccc(-c2noc(C(C)Sc3nnc(CN4CCCCC4)n3Cc3ccccc3)n2)cc1F. The maximum atomic E-state index is 14.0. The van der Waals surface area contributed by atoms with E-state index < -0.39 is 0 Å². The molecule has 0 bridgehead atoms. The van der Waals surface area contributed by atoms with Gasteiger partial charge in [-0.05, 0) is 57.0 Å². The van der Waals surface area contributed by atoms with Gasteiger partial charge in [0.15, 0.2) is 5.16 Å². The van der Waals surface area contributed by atoms with Gasteiger partial charge in [0.1, 0.15) is 11.6 Å². The molecule has 0 N–H and O–H groups in total. The molecular weight excluding hydrogens is 463 g/mol. The largest absolute Gasteiger partial charge is 0.338 e. The summed E-state index contributed by atoms with van der Waals surface area (Å²) in [7, 11) is 0. The van der Waals surface area contributed by atoms with Gasteiger partial charge in [0.25, 0.3) is 0 Å². The van der Waals surface area contributed by atoms with Crippen molar-refractivity contribution in [3.05, 3.63) is 77.2 Å². The molecule has 1 aliphatic rings. The number of thioether (sulfide) groups is 1. The normalized spacial score (nSPS) is 15.4. The van der Waals surface area contributed by atoms with Crippen molar-refractivity contribution in [3.63, 3.8) is 0 Å². The Hall–Kier alpha value is -3.04. The molecule has 3 heterocycles. The highest BCUT2D eigenvalue weighted by Gasteiger charge is 2.23. The molecule has 9 heteroatoms. The molecule has 1 unspecified atom stereocenters. The predicted molar refractivity (Wildman–Crippen MR) is 133 cm³/mol. The standard InChI is InChI=1S/C26H29FN6OS/c1-18-11-12-21(15-22(18)27)24-28-25(34-31-24)19(2)35-26-30-29-23(17-32-13-7-4-8-14-32)33(26)16-20-9-5-3-6-10-20/h3,5-6,9-12,15,19H,4,7-8,13-14,16-17H2,1-2H3. The molecule has 4 aromatic rings. The highest BCUT2D eigenvalue weighted by atomic mass is 32.2. The summed E-state index contributed by atoms with van der Waals surface area (Å²) in [5.41, 5.74) is 2.37. The summed E-state index contributed by atoms with van der Waals surface area (Å²) in [5.74, 6) is 1.53. The molecule has 2 aromatic heterocycles. The van der Waals surface area contributed by atoms with Gasteiger partial charge in [-0.25, -0.2) is 4.39 Å². The van der Waals surface area contributed by atoms with Gasteiger partial charge in [-0.3, -0.25) is 4.90 Å². The van der Waals surface area contributed by atoms with E-state index in [1.807, 2.05) is 25.1 Å². The van der Waals surface area contributed by atoms with E-state index in [4.69, 9.17) is 4.52 Å². The molecule has 0 amide bonds. The Morgan fingerprint density at radius 1 is 1.03 bits per heavy atom. The third kappa shape index (κ3) is 5.62. The van der Waals surface area contributed by atoms with E-state index >= 15 is 0 Å². The van der Waals surface area contributed by atoms with Crippen LogP contribution in [0.1, 0.15) is 54.3 Å². The van der Waals surface area contributed by atoms with Crippen molar-refractivity contribution >= 4 is 11.8 Å². The van der Waals surface area contributed by atoms with Crippen LogP contribution in [-0.2, 0) is 13.1 Å². The minimum absolute atomic E-state index is 0.145. The molecule has 7 nitrogen and oxygen atoms in total. The van der Waals surface area contributed by atoms with Crippen molar-refractivity contribution in [1.29, 1.82) is 0 Å². The molecule has 1 fully saturated rings. The van der Waals surface area contributed by atoms with Gasteiger partial charge in [-0.2, -0.15) is 4.98 Å². The Kier molecular flexibility index (Phi) is 7.24. The maximum Gasteiger partial charge on any atom is 0.240 e. The van der Waals surface area contributed by atoms with Crippen LogP contribution in [0.4, 0.5) is 4.39 Å². The van der Waals surface area contributed by atoms with Crippen LogP contribution in [0.5, 0.6) is 0 Å². The van der Waals surface area contributed by atoms with E-state index in [9.17, 15) is 4.39 Å². The zero-order valence-corrected chi connectivity index (χ0v) is 20.8. The van der Waals surface area contributed by atoms with Crippen molar-refractivity contribution in [2.75, 3.05) is 13.1 Å². The zero-order chi connectivity index (χ0) is 24.2. The molecule has 35 heavy (non-hydrogen) atoms. The fraction of sp³-hybridized carbons (Fsp3) is 0.385. The highest BCUT2D eigenvalue weighted by Crippen LogP contribution is 2.34. The third-order valence-corrected chi connectivity index (χ3v) is 7.36. The van der Waals surface area contributed by atoms with Gasteiger partial charge in [0, 0.05) is 5.56 Å². The summed E-state index contributed by atoms with van der Waals surface area (Å²) in [6.07, 6.45) is 3.76. The van der Waals surface area contributed by atoms with E-state index in [1.54, 1.807) is 30.8 Å². The summed E-state index contributed by atoms with van der Waals surface area (Å²) in [5, 5.41) is 13.9. The van der Waals surface area contributed by atoms with E-state index in [0.29, 0.717) is 29.4 Å². The smallest absolute Gasteiger partial charge is 0.240 e. The molecule has 2 aromatic carbocycles. The van der Waals surface area contributed by atoms with Crippen molar-refractivity contribution in [1.82, 2.24) is 29.8 Å². The highest BCUT2D eigenvalue weighted by molar-refractivity contribution is 7.99. The van der Waals surface area contributed by atoms with Gasteiger partial charge in [-0.1, -0.05) is 65.8 Å². The first-order chi connectivity index (χ1) is 17.1. The Bertz CT molecular complexity index is 1270. The average molecular weight is 493 g/mol. The summed E-state index contributed by atoms with van der Waals surface area (Å²) < 4.78 is 21.7. The lowest BCUT2D eigenvalue weighted by Gasteiger charge is -2.26. The molecule has 1 aliphatic heterocycles. The van der Waals surface area contributed by atoms with E-state index in [-0.39, 0.29) is 11.1 Å². The Morgan fingerprint density at radius 2 is 1.83 bits per heavy atom. The fourth-order valence-corrected chi connectivity index (χ4v) is 5.12. The predicted octanol–water partition coefficient (Wildman–Crippen LogP) is 5.66. The number of aryl methyl sites for hydroxylation is 1. The van der Waals surface area contributed by atoms with Crippen LogP contribution in [0.2, 0.25) is 0 Å². The Morgan fingerprint density at radius 3 is 2.60 bits per heavy atom. The van der Waals surface area contributed by atoms with Crippen molar-refractivity contribution in [2.45, 2.75) is 56.6 Å². The topological polar surface area (TPSA) is 72.9 Å². The van der Waals surface area contributed by atoms with Crippen molar-refractivity contribution < 1.29 is 8.91 Å². The number of likely N-dealkylation sites (tertiary alicyclic amines) is 1. The molecule has 0 aliphatic carbocycles. The van der Waals surface area contributed by atoms with Gasteiger partial charge in [0.05, 0.1) is 18.3 Å². The second-order valence-corrected chi connectivity index (χ2v) is 10.3. The number of benzene rings is 2. The second-order valence-electron chi connectivity index (χ2n) is 8.99. The Labute approximate surface area is 208 Å². The number of aromatic nitrogens is 5. The van der Waals surface area contributed by atoms with Crippen LogP contribution in [0.25, 0.3) is 11.4 Å². The van der Waals surface area contributed by atoms with Gasteiger partial charge >= 0.3 is 0 Å². The first kappa shape index (κ1) is 23.7. The molecule has 1 saturated heterocycles. The molecule has 1 atom stereocenters. The number of halogens is 1. The quantitative estimate of drug-likeness (QED) is 0.294. The number of piperidine rings is 1. The lowest BCUT2D eigenvalue weighted by atomic mass is 10.1. The molecule has 0 saturated carbocycles. The Balaban J connectivity index is 1.36. The zero-order valence-electron chi connectivity index (χ0n) is 20.0. The number of rotatable bonds is 8. The first-order valence-electron chi connectivity index (χ1n) is 12.0.